The van der Waals surface area contributed by atoms with Crippen LogP contribution in [0.25, 0.3) is 0 Å². The van der Waals surface area contributed by atoms with E-state index in [2.05, 4.69) is 37.1 Å². The van der Waals surface area contributed by atoms with Crippen molar-refractivity contribution in [3.8, 4) is 6.07 Å². The molecule has 0 aliphatic carbocycles. The summed E-state index contributed by atoms with van der Waals surface area (Å²) in [6, 6.07) is 3.08. The van der Waals surface area contributed by atoms with Gasteiger partial charge in [-0.15, -0.1) is 0 Å². The number of rotatable bonds is 5. The summed E-state index contributed by atoms with van der Waals surface area (Å²) in [5, 5.41) is 7.87. The predicted octanol–water partition coefficient (Wildman–Crippen LogP) is 3.40. The molecule has 0 aromatic rings. The second-order valence-corrected chi connectivity index (χ2v) is 4.77. The van der Waals surface area contributed by atoms with Crippen molar-refractivity contribution in [1.29, 1.82) is 5.26 Å². The first kappa shape index (κ1) is 17.5. The van der Waals surface area contributed by atoms with Crippen molar-refractivity contribution in [2.24, 2.45) is 0 Å². The lowest BCUT2D eigenvalue weighted by Crippen LogP contribution is -2.28. The molecular formula is C10H22ClN2OP. The molecule has 0 aliphatic rings. The van der Waals surface area contributed by atoms with E-state index in [0.717, 1.165) is 0 Å². The molecule has 0 N–H and O–H groups in total. The first-order valence-electron chi connectivity index (χ1n) is 5.01. The molecule has 0 aromatic heterocycles. The van der Waals surface area contributed by atoms with E-state index in [1.54, 1.807) is 7.11 Å². The fourth-order valence-corrected chi connectivity index (χ4v) is 2.50. The van der Waals surface area contributed by atoms with Gasteiger partial charge in [-0.05, 0) is 27.7 Å². The van der Waals surface area contributed by atoms with Crippen LogP contribution in [0.5, 0.6) is 0 Å². The second-order valence-electron chi connectivity index (χ2n) is 3.58. The first-order chi connectivity index (χ1) is 7.01. The standard InChI is InChI=1S/C6H15ClNP.C4H7NO/c1-5(2)8(9-7)6(3)4;1-6-4-2-3-5/h5-6,9H,1-4H3;2,4H2,1H3. The molecule has 1 atom stereocenters. The molecule has 1 unspecified atom stereocenters. The molecule has 0 bridgehead atoms. The lowest BCUT2D eigenvalue weighted by molar-refractivity contribution is 0.205. The van der Waals surface area contributed by atoms with Crippen molar-refractivity contribution >= 4 is 19.3 Å². The molecule has 0 amide bonds. The van der Waals surface area contributed by atoms with Crippen LogP contribution in [0, 0.1) is 11.3 Å². The van der Waals surface area contributed by atoms with Crippen LogP contribution in [0.4, 0.5) is 0 Å². The van der Waals surface area contributed by atoms with E-state index in [9.17, 15) is 0 Å². The summed E-state index contributed by atoms with van der Waals surface area (Å²) in [4.78, 5) is 0. The van der Waals surface area contributed by atoms with E-state index in [1.807, 2.05) is 6.07 Å². The number of methoxy groups -OCH3 is 1. The molecule has 90 valence electrons. The number of nitriles is 1. The summed E-state index contributed by atoms with van der Waals surface area (Å²) < 4.78 is 6.81. The van der Waals surface area contributed by atoms with Crippen molar-refractivity contribution in [2.45, 2.75) is 46.2 Å². The number of halogens is 1. The maximum atomic E-state index is 7.87. The van der Waals surface area contributed by atoms with Gasteiger partial charge in [0, 0.05) is 27.3 Å². The molecule has 5 heteroatoms. The Kier molecular flexibility index (Phi) is 14.3. The van der Waals surface area contributed by atoms with Crippen molar-refractivity contribution in [3.05, 3.63) is 0 Å². The van der Waals surface area contributed by atoms with Gasteiger partial charge in [-0.25, -0.2) is 0 Å². The van der Waals surface area contributed by atoms with Crippen LogP contribution in [0.2, 0.25) is 0 Å². The van der Waals surface area contributed by atoms with Gasteiger partial charge in [0.25, 0.3) is 0 Å². The Morgan fingerprint density at radius 1 is 1.33 bits per heavy atom. The summed E-state index contributed by atoms with van der Waals surface area (Å²) in [6.07, 6.45) is 0.497. The minimum Gasteiger partial charge on any atom is -0.384 e. The Hall–Kier alpha value is 0.130. The normalized spacial score (nSPS) is 10.9. The van der Waals surface area contributed by atoms with E-state index in [1.165, 1.54) is 0 Å². The van der Waals surface area contributed by atoms with E-state index in [-0.39, 0.29) is 0 Å². The summed E-state index contributed by atoms with van der Waals surface area (Å²) in [6.45, 7) is 9.20. The first-order valence-corrected chi connectivity index (χ1v) is 6.97. The fourth-order valence-electron chi connectivity index (χ4n) is 0.939. The topological polar surface area (TPSA) is 36.3 Å². The van der Waals surface area contributed by atoms with Crippen LogP contribution in [-0.4, -0.2) is 30.5 Å². The van der Waals surface area contributed by atoms with E-state index < -0.39 is 0 Å². The molecule has 0 fully saturated rings. The Morgan fingerprint density at radius 2 is 1.80 bits per heavy atom. The molecule has 0 saturated heterocycles. The number of hydrogen-bond acceptors (Lipinski definition) is 3. The number of nitrogens with zero attached hydrogens (tertiary/aromatic N) is 2. The summed E-state index contributed by atoms with van der Waals surface area (Å²) in [5.74, 6) is 0. The van der Waals surface area contributed by atoms with Gasteiger partial charge in [0.2, 0.25) is 0 Å². The summed E-state index contributed by atoms with van der Waals surface area (Å²) in [5.41, 5.74) is 0. The van der Waals surface area contributed by atoms with Crippen molar-refractivity contribution in [2.75, 3.05) is 13.7 Å². The quantitative estimate of drug-likeness (QED) is 0.556. The van der Waals surface area contributed by atoms with Gasteiger partial charge in [0.05, 0.1) is 19.1 Å². The Labute approximate surface area is 100 Å². The van der Waals surface area contributed by atoms with Crippen LogP contribution >= 0.6 is 19.3 Å². The minimum atomic E-state index is 0.415. The van der Waals surface area contributed by atoms with Crippen molar-refractivity contribution < 1.29 is 4.74 Å². The summed E-state index contributed by atoms with van der Waals surface area (Å²) >= 11 is 5.71. The highest BCUT2D eigenvalue weighted by Gasteiger charge is 2.10. The molecule has 0 aromatic carbocycles. The largest absolute Gasteiger partial charge is 0.384 e. The molecule has 15 heavy (non-hydrogen) atoms. The minimum absolute atomic E-state index is 0.415. The zero-order valence-electron chi connectivity index (χ0n) is 10.2. The lowest BCUT2D eigenvalue weighted by atomic mass is 10.3. The lowest BCUT2D eigenvalue weighted by Gasteiger charge is -2.26. The van der Waals surface area contributed by atoms with Gasteiger partial charge in [-0.2, -0.15) is 5.26 Å². The van der Waals surface area contributed by atoms with Crippen LogP contribution < -0.4 is 0 Å². The van der Waals surface area contributed by atoms with Gasteiger partial charge in [-0.1, -0.05) is 11.2 Å². The highest BCUT2D eigenvalue weighted by Crippen LogP contribution is 2.27. The van der Waals surface area contributed by atoms with Crippen LogP contribution in [0.3, 0.4) is 0 Å². The van der Waals surface area contributed by atoms with Gasteiger partial charge in [0.15, 0.2) is 0 Å². The van der Waals surface area contributed by atoms with Crippen LogP contribution in [0.15, 0.2) is 0 Å². The monoisotopic (exact) mass is 252 g/mol. The van der Waals surface area contributed by atoms with Gasteiger partial charge >= 0.3 is 0 Å². The molecule has 0 spiro atoms. The number of ether oxygens (including phenoxy) is 1. The SMILES string of the molecule is CC(C)N(PCl)C(C)C.COCCC#N. The molecule has 0 saturated carbocycles. The molecule has 0 radical (unpaired) electrons. The zero-order valence-corrected chi connectivity index (χ0v) is 12.0. The van der Waals surface area contributed by atoms with Crippen molar-refractivity contribution in [1.82, 2.24) is 4.67 Å². The van der Waals surface area contributed by atoms with E-state index >= 15 is 0 Å². The fraction of sp³-hybridized carbons (Fsp3) is 0.900. The smallest absolute Gasteiger partial charge is 0.0645 e. The Bertz CT molecular complexity index is 163. The molecule has 0 heterocycles. The van der Waals surface area contributed by atoms with Crippen LogP contribution in [-0.2, 0) is 4.74 Å². The third-order valence-electron chi connectivity index (χ3n) is 1.63. The summed E-state index contributed by atoms with van der Waals surface area (Å²) in [7, 11) is 2.00. The molecule has 0 rings (SSSR count). The van der Waals surface area contributed by atoms with Crippen molar-refractivity contribution in [3.63, 3.8) is 0 Å². The third-order valence-corrected chi connectivity index (χ3v) is 3.44. The average molecular weight is 253 g/mol. The highest BCUT2D eigenvalue weighted by atomic mass is 35.7. The molecule has 0 aliphatic heterocycles. The predicted molar refractivity (Wildman–Crippen MR) is 68.4 cm³/mol. The third kappa shape index (κ3) is 12.1. The molecule has 3 nitrogen and oxygen atoms in total. The highest BCUT2D eigenvalue weighted by molar-refractivity contribution is 7.66. The average Bonchev–Trinajstić information content (AvgIpc) is 2.15. The maximum Gasteiger partial charge on any atom is 0.0645 e. The zero-order chi connectivity index (χ0) is 12.3. The molecular weight excluding hydrogens is 231 g/mol. The Balaban J connectivity index is 0. The van der Waals surface area contributed by atoms with Crippen LogP contribution in [0.1, 0.15) is 34.1 Å². The number of hydrogen-bond donors (Lipinski definition) is 0. The van der Waals surface area contributed by atoms with Gasteiger partial charge < -0.3 is 4.74 Å². The van der Waals surface area contributed by atoms with E-state index in [0.29, 0.717) is 33.2 Å². The maximum absolute atomic E-state index is 7.87. The second kappa shape index (κ2) is 12.2. The van der Waals surface area contributed by atoms with E-state index in [4.69, 9.17) is 16.5 Å². The Morgan fingerprint density at radius 3 is 1.87 bits per heavy atom. The van der Waals surface area contributed by atoms with Gasteiger partial charge in [0.1, 0.15) is 0 Å². The van der Waals surface area contributed by atoms with Gasteiger partial charge in [-0.3, -0.25) is 4.67 Å².